The summed E-state index contributed by atoms with van der Waals surface area (Å²) in [5.74, 6) is 0.709. The van der Waals surface area contributed by atoms with Crippen LogP contribution in [0.3, 0.4) is 0 Å². The van der Waals surface area contributed by atoms with Crippen LogP contribution >= 0.6 is 11.6 Å². The molecule has 122 valence electrons. The molecule has 10 heteroatoms. The number of amides is 1. The van der Waals surface area contributed by atoms with Crippen LogP contribution in [0.25, 0.3) is 0 Å². The highest BCUT2D eigenvalue weighted by atomic mass is 35.5. The number of carbonyl (C=O) groups excluding carboxylic acids is 1. The number of likely N-dealkylation sites (tertiary alicyclic amines) is 1. The minimum Gasteiger partial charge on any atom is -0.370 e. The van der Waals surface area contributed by atoms with E-state index in [0.29, 0.717) is 38.4 Å². The molecule has 2 aromatic rings. The maximum Gasteiger partial charge on any atom is 0.242 e. The first-order chi connectivity index (χ1) is 11.2. The third kappa shape index (κ3) is 2.81. The lowest BCUT2D eigenvalue weighted by atomic mass is 10.00. The first-order valence-corrected chi connectivity index (χ1v) is 7.94. The van der Waals surface area contributed by atoms with Crippen molar-refractivity contribution < 1.29 is 9.53 Å². The highest BCUT2D eigenvalue weighted by Gasteiger charge is 2.37. The SMILES string of the molecule is O=C(CCc1nc(Cl)n[nH]1)N1CC[C@H]2OCc3cnnn3[C@@H]2C1. The number of hydrogen-bond acceptors (Lipinski definition) is 6. The molecule has 1 saturated heterocycles. The number of ether oxygens (including phenoxy) is 1. The van der Waals surface area contributed by atoms with E-state index in [4.69, 9.17) is 16.3 Å². The van der Waals surface area contributed by atoms with E-state index in [0.717, 1.165) is 12.1 Å². The molecule has 1 N–H and O–H groups in total. The van der Waals surface area contributed by atoms with E-state index in [1.54, 1.807) is 6.20 Å². The van der Waals surface area contributed by atoms with Crippen molar-refractivity contribution in [3.8, 4) is 0 Å². The van der Waals surface area contributed by atoms with E-state index in [9.17, 15) is 4.79 Å². The smallest absolute Gasteiger partial charge is 0.242 e. The number of aromatic amines is 1. The third-order valence-electron chi connectivity index (χ3n) is 4.36. The minimum absolute atomic E-state index is 0.0404. The Balaban J connectivity index is 1.40. The molecular formula is C13H16ClN7O2. The zero-order valence-corrected chi connectivity index (χ0v) is 13.1. The first kappa shape index (κ1) is 14.6. The van der Waals surface area contributed by atoms with Crippen molar-refractivity contribution in [2.45, 2.75) is 38.0 Å². The Bertz CT molecular complexity index is 715. The van der Waals surface area contributed by atoms with Crippen LogP contribution < -0.4 is 0 Å². The average molecular weight is 338 g/mol. The Morgan fingerprint density at radius 1 is 1.52 bits per heavy atom. The van der Waals surface area contributed by atoms with Gasteiger partial charge in [0.25, 0.3) is 0 Å². The monoisotopic (exact) mass is 337 g/mol. The van der Waals surface area contributed by atoms with E-state index in [-0.39, 0.29) is 23.3 Å². The van der Waals surface area contributed by atoms with Crippen molar-refractivity contribution in [3.05, 3.63) is 23.0 Å². The van der Waals surface area contributed by atoms with Gasteiger partial charge in [0, 0.05) is 25.9 Å². The lowest BCUT2D eigenvalue weighted by Crippen LogP contribution is -2.50. The molecule has 1 fully saturated rings. The molecule has 0 aliphatic carbocycles. The van der Waals surface area contributed by atoms with Crippen LogP contribution in [0.2, 0.25) is 5.28 Å². The van der Waals surface area contributed by atoms with Crippen molar-refractivity contribution >= 4 is 17.5 Å². The topological polar surface area (TPSA) is 102 Å². The number of H-pyrrole nitrogens is 1. The molecule has 2 aliphatic rings. The number of carbonyl (C=O) groups is 1. The second-order valence-corrected chi connectivity index (χ2v) is 6.10. The van der Waals surface area contributed by atoms with Gasteiger partial charge in [-0.1, -0.05) is 5.21 Å². The Hall–Kier alpha value is -2.00. The van der Waals surface area contributed by atoms with Crippen molar-refractivity contribution in [2.75, 3.05) is 13.1 Å². The molecule has 1 amide bonds. The summed E-state index contributed by atoms with van der Waals surface area (Å²) < 4.78 is 7.74. The second kappa shape index (κ2) is 5.89. The molecule has 0 spiro atoms. The molecule has 2 aromatic heterocycles. The molecule has 0 unspecified atom stereocenters. The van der Waals surface area contributed by atoms with Crippen LogP contribution in [-0.2, 0) is 22.6 Å². The van der Waals surface area contributed by atoms with Gasteiger partial charge < -0.3 is 9.64 Å². The Morgan fingerprint density at radius 2 is 2.43 bits per heavy atom. The van der Waals surface area contributed by atoms with E-state index in [1.165, 1.54) is 0 Å². The predicted octanol–water partition coefficient (Wildman–Crippen LogP) is 0.355. The Kier molecular flexibility index (Phi) is 3.74. The number of piperidine rings is 1. The van der Waals surface area contributed by atoms with E-state index in [1.807, 2.05) is 9.58 Å². The van der Waals surface area contributed by atoms with Crippen molar-refractivity contribution in [1.29, 1.82) is 0 Å². The maximum atomic E-state index is 12.4. The van der Waals surface area contributed by atoms with Gasteiger partial charge in [-0.05, 0) is 18.0 Å². The van der Waals surface area contributed by atoms with Gasteiger partial charge in [-0.15, -0.1) is 10.2 Å². The lowest BCUT2D eigenvalue weighted by Gasteiger charge is -2.41. The summed E-state index contributed by atoms with van der Waals surface area (Å²) in [6.45, 7) is 1.83. The van der Waals surface area contributed by atoms with Gasteiger partial charge >= 0.3 is 0 Å². The summed E-state index contributed by atoms with van der Waals surface area (Å²) in [6.07, 6.45) is 3.48. The van der Waals surface area contributed by atoms with Gasteiger partial charge in [-0.25, -0.2) is 9.67 Å². The number of halogens is 1. The molecule has 0 radical (unpaired) electrons. The minimum atomic E-state index is 0.0404. The van der Waals surface area contributed by atoms with Gasteiger partial charge in [-0.3, -0.25) is 9.89 Å². The third-order valence-corrected chi connectivity index (χ3v) is 4.53. The summed E-state index contributed by atoms with van der Waals surface area (Å²) >= 11 is 5.66. The first-order valence-electron chi connectivity index (χ1n) is 7.56. The van der Waals surface area contributed by atoms with Crippen LogP contribution in [0.5, 0.6) is 0 Å². The number of aryl methyl sites for hydroxylation is 1. The van der Waals surface area contributed by atoms with Gasteiger partial charge in [0.1, 0.15) is 5.82 Å². The van der Waals surface area contributed by atoms with Gasteiger partial charge in [0.15, 0.2) is 0 Å². The van der Waals surface area contributed by atoms with Crippen LogP contribution in [0.15, 0.2) is 6.20 Å². The number of hydrogen-bond donors (Lipinski definition) is 1. The second-order valence-electron chi connectivity index (χ2n) is 5.77. The van der Waals surface area contributed by atoms with E-state index in [2.05, 4.69) is 25.5 Å². The summed E-state index contributed by atoms with van der Waals surface area (Å²) in [7, 11) is 0. The molecule has 9 nitrogen and oxygen atoms in total. The van der Waals surface area contributed by atoms with Crippen LogP contribution in [0.4, 0.5) is 0 Å². The van der Waals surface area contributed by atoms with Crippen LogP contribution in [0.1, 0.15) is 30.4 Å². The summed E-state index contributed by atoms with van der Waals surface area (Å²) in [4.78, 5) is 18.3. The fourth-order valence-corrected chi connectivity index (χ4v) is 3.32. The molecule has 2 atom stereocenters. The van der Waals surface area contributed by atoms with Crippen molar-refractivity contribution in [2.24, 2.45) is 0 Å². The summed E-state index contributed by atoms with van der Waals surface area (Å²) in [5, 5.41) is 14.7. The Labute approximate surface area is 137 Å². The highest BCUT2D eigenvalue weighted by Crippen LogP contribution is 2.30. The highest BCUT2D eigenvalue weighted by molar-refractivity contribution is 6.28. The fraction of sp³-hybridized carbons (Fsp3) is 0.615. The number of fused-ring (bicyclic) bond motifs is 3. The van der Waals surface area contributed by atoms with E-state index < -0.39 is 0 Å². The van der Waals surface area contributed by atoms with Gasteiger partial charge in [0.2, 0.25) is 11.2 Å². The van der Waals surface area contributed by atoms with Crippen LogP contribution in [-0.4, -0.2) is 60.2 Å². The zero-order valence-electron chi connectivity index (χ0n) is 12.4. The standard InChI is InChI=1S/C13H16ClN7O2/c14-13-16-11(17-18-13)1-2-12(22)20-4-3-10-9(6-20)21-8(7-23-10)5-15-19-21/h5,9-10H,1-4,6-7H2,(H,16,17,18)/t9-,10-/m1/s1. The summed E-state index contributed by atoms with van der Waals surface area (Å²) in [5.41, 5.74) is 0.955. The molecular weight excluding hydrogens is 322 g/mol. The number of rotatable bonds is 3. The number of nitrogens with zero attached hydrogens (tertiary/aromatic N) is 6. The largest absolute Gasteiger partial charge is 0.370 e. The van der Waals surface area contributed by atoms with Gasteiger partial charge in [-0.2, -0.15) is 0 Å². The lowest BCUT2D eigenvalue weighted by molar-refractivity contribution is -0.138. The molecule has 0 saturated carbocycles. The van der Waals surface area contributed by atoms with Crippen molar-refractivity contribution in [3.63, 3.8) is 0 Å². The number of aromatic nitrogens is 6. The fourth-order valence-electron chi connectivity index (χ4n) is 3.17. The normalized spacial score (nSPS) is 23.4. The van der Waals surface area contributed by atoms with Gasteiger partial charge in [0.05, 0.1) is 30.6 Å². The molecule has 4 rings (SSSR count). The molecule has 0 aromatic carbocycles. The molecule has 23 heavy (non-hydrogen) atoms. The van der Waals surface area contributed by atoms with Crippen LogP contribution in [0, 0.1) is 0 Å². The Morgan fingerprint density at radius 3 is 3.26 bits per heavy atom. The van der Waals surface area contributed by atoms with E-state index >= 15 is 0 Å². The predicted molar refractivity (Wildman–Crippen MR) is 78.5 cm³/mol. The number of nitrogens with one attached hydrogen (secondary N) is 1. The molecule has 2 aliphatic heterocycles. The molecule has 0 bridgehead atoms. The van der Waals surface area contributed by atoms with Crippen molar-refractivity contribution in [1.82, 2.24) is 35.1 Å². The zero-order chi connectivity index (χ0) is 15.8. The quantitative estimate of drug-likeness (QED) is 0.867. The maximum absolute atomic E-state index is 12.4. The average Bonchev–Trinajstić information content (AvgIpc) is 3.20. The molecule has 4 heterocycles. The summed E-state index contributed by atoms with van der Waals surface area (Å²) in [6, 6.07) is 0.0404.